The van der Waals surface area contributed by atoms with Gasteiger partial charge in [-0.3, -0.25) is 4.79 Å². The molecule has 0 aromatic heterocycles. The van der Waals surface area contributed by atoms with Crippen molar-refractivity contribution in [3.8, 4) is 0 Å². The average Bonchev–Trinajstić information content (AvgIpc) is 3.57. The highest BCUT2D eigenvalue weighted by Crippen LogP contribution is 2.56. The molecule has 2 aromatic carbocycles. The van der Waals surface area contributed by atoms with Gasteiger partial charge in [0.25, 0.3) is 11.8 Å². The highest BCUT2D eigenvalue weighted by Gasteiger charge is 2.65. The number of benzene rings is 2. The van der Waals surface area contributed by atoms with Crippen LogP contribution >= 0.6 is 27.7 Å². The first-order chi connectivity index (χ1) is 15.3. The summed E-state index contributed by atoms with van der Waals surface area (Å²) in [6.07, 6.45) is -0.421. The van der Waals surface area contributed by atoms with Gasteiger partial charge in [0, 0.05) is 33.2 Å². The minimum absolute atomic E-state index is 0.177. The molecule has 4 nitrogen and oxygen atoms in total. The fraction of sp³-hybridized carbons (Fsp3) is 0.391. The predicted molar refractivity (Wildman–Crippen MR) is 120 cm³/mol. The second-order valence-electron chi connectivity index (χ2n) is 8.38. The maximum absolute atomic E-state index is 15.1. The van der Waals surface area contributed by atoms with Crippen LogP contribution in [0.5, 0.6) is 0 Å². The molecule has 1 aliphatic carbocycles. The van der Waals surface area contributed by atoms with Crippen molar-refractivity contribution >= 4 is 38.8 Å². The van der Waals surface area contributed by atoms with Crippen molar-refractivity contribution in [2.75, 3.05) is 12.4 Å². The number of carbonyl (C=O) groups excluding carboxylic acids is 1. The van der Waals surface area contributed by atoms with Crippen molar-refractivity contribution in [3.63, 3.8) is 0 Å². The minimum Gasteiger partial charge on any atom is -0.369 e. The standard InChI is InChI=1S/C23H20BrF3N2O2S/c24-15-8-9-18(25)16(10-15)22-12-31-19(23(26,27)14-6-7-14)17(22)11-32-21(29-22)28-20(30)13-4-2-1-3-5-13/h1-5,8-10,14,17,19H,6-7,11-12H2,(H,28,29,30)/t17-,19+,22-/m1/s1. The number of amidine groups is 1. The molecule has 32 heavy (non-hydrogen) atoms. The monoisotopic (exact) mass is 524 g/mol. The van der Waals surface area contributed by atoms with Crippen molar-refractivity contribution in [1.29, 1.82) is 0 Å². The van der Waals surface area contributed by atoms with E-state index in [0.29, 0.717) is 22.9 Å². The number of amides is 1. The molecular formula is C23H20BrF3N2O2S. The predicted octanol–water partition coefficient (Wildman–Crippen LogP) is 5.38. The van der Waals surface area contributed by atoms with E-state index >= 15 is 13.2 Å². The van der Waals surface area contributed by atoms with Gasteiger partial charge in [0.05, 0.1) is 6.61 Å². The lowest BCUT2D eigenvalue weighted by Crippen LogP contribution is -2.49. The first kappa shape index (κ1) is 22.0. The summed E-state index contributed by atoms with van der Waals surface area (Å²) in [6, 6.07) is 13.0. The lowest BCUT2D eigenvalue weighted by atomic mass is 9.77. The summed E-state index contributed by atoms with van der Waals surface area (Å²) >= 11 is 4.54. The van der Waals surface area contributed by atoms with Crippen LogP contribution in [0, 0.1) is 17.7 Å². The third kappa shape index (κ3) is 3.78. The van der Waals surface area contributed by atoms with E-state index in [1.165, 1.54) is 17.8 Å². The number of nitrogens with zero attached hydrogens (tertiary/aromatic N) is 1. The van der Waals surface area contributed by atoms with E-state index < -0.39 is 35.2 Å². The van der Waals surface area contributed by atoms with Gasteiger partial charge in [0.15, 0.2) is 5.17 Å². The van der Waals surface area contributed by atoms with E-state index in [2.05, 4.69) is 26.2 Å². The molecule has 2 aliphatic heterocycles. The molecule has 0 spiro atoms. The van der Waals surface area contributed by atoms with Gasteiger partial charge in [0.1, 0.15) is 17.5 Å². The van der Waals surface area contributed by atoms with Gasteiger partial charge in [-0.05, 0) is 43.2 Å². The summed E-state index contributed by atoms with van der Waals surface area (Å²) in [5.41, 5.74) is -0.708. The topological polar surface area (TPSA) is 50.7 Å². The van der Waals surface area contributed by atoms with Gasteiger partial charge in [-0.15, -0.1) is 0 Å². The third-order valence-corrected chi connectivity index (χ3v) is 7.80. The van der Waals surface area contributed by atoms with E-state index in [9.17, 15) is 4.79 Å². The summed E-state index contributed by atoms with van der Waals surface area (Å²) < 4.78 is 51.6. The maximum atomic E-state index is 15.1. The van der Waals surface area contributed by atoms with Crippen molar-refractivity contribution in [2.24, 2.45) is 16.8 Å². The second kappa shape index (κ2) is 8.18. The van der Waals surface area contributed by atoms with E-state index in [4.69, 9.17) is 4.74 Å². The van der Waals surface area contributed by atoms with E-state index in [1.807, 2.05) is 0 Å². The number of halogens is 4. The molecular weight excluding hydrogens is 505 g/mol. The molecule has 1 N–H and O–H groups in total. The number of aliphatic imine (C=N–C) groups is 1. The third-order valence-electron chi connectivity index (χ3n) is 6.31. The molecule has 3 aliphatic rings. The van der Waals surface area contributed by atoms with Crippen molar-refractivity contribution in [1.82, 2.24) is 5.32 Å². The zero-order chi connectivity index (χ0) is 22.5. The zero-order valence-electron chi connectivity index (χ0n) is 16.9. The molecule has 2 heterocycles. The summed E-state index contributed by atoms with van der Waals surface area (Å²) in [4.78, 5) is 17.3. The number of nitrogens with one attached hydrogen (secondary N) is 1. The molecule has 168 valence electrons. The Bertz CT molecular complexity index is 1080. The van der Waals surface area contributed by atoms with Crippen LogP contribution in [0.25, 0.3) is 0 Å². The molecule has 0 bridgehead atoms. The SMILES string of the molecule is O=C(NC1=N[C@@]2(c3cc(Br)ccc3F)CO[C@H](C(F)(F)C3CC3)[C@H]2CS1)c1ccccc1. The van der Waals surface area contributed by atoms with Crippen LogP contribution in [0.4, 0.5) is 13.2 Å². The quantitative estimate of drug-likeness (QED) is 0.584. The summed E-state index contributed by atoms with van der Waals surface area (Å²) in [5, 5.41) is 3.03. The summed E-state index contributed by atoms with van der Waals surface area (Å²) in [6.45, 7) is -0.177. The Morgan fingerprint density at radius 3 is 2.69 bits per heavy atom. The molecule has 5 rings (SSSR count). The highest BCUT2D eigenvalue weighted by atomic mass is 79.9. The van der Waals surface area contributed by atoms with Gasteiger partial charge in [-0.1, -0.05) is 45.9 Å². The maximum Gasteiger partial charge on any atom is 0.276 e. The summed E-state index contributed by atoms with van der Waals surface area (Å²) in [7, 11) is 0. The second-order valence-corrected chi connectivity index (χ2v) is 10.3. The number of hydrogen-bond acceptors (Lipinski definition) is 4. The Morgan fingerprint density at radius 1 is 1.22 bits per heavy atom. The Labute approximate surface area is 196 Å². The van der Waals surface area contributed by atoms with Crippen LogP contribution in [0.2, 0.25) is 0 Å². The number of alkyl halides is 2. The van der Waals surface area contributed by atoms with Crippen LogP contribution < -0.4 is 5.32 Å². The first-order valence-corrected chi connectivity index (χ1v) is 12.1. The molecule has 1 saturated heterocycles. The Balaban J connectivity index is 1.54. The van der Waals surface area contributed by atoms with E-state index in [1.54, 1.807) is 42.5 Å². The number of rotatable bonds is 4. The van der Waals surface area contributed by atoms with Crippen LogP contribution in [-0.2, 0) is 10.3 Å². The normalized spacial score (nSPS) is 27.6. The zero-order valence-corrected chi connectivity index (χ0v) is 19.3. The average molecular weight is 525 g/mol. The van der Waals surface area contributed by atoms with Crippen molar-refractivity contribution in [2.45, 2.75) is 30.4 Å². The highest BCUT2D eigenvalue weighted by molar-refractivity contribution is 9.10. The number of hydrogen-bond donors (Lipinski definition) is 1. The van der Waals surface area contributed by atoms with Gasteiger partial charge < -0.3 is 10.1 Å². The molecule has 0 radical (unpaired) electrons. The Hall–Kier alpha value is -1.84. The molecule has 2 aromatic rings. The van der Waals surface area contributed by atoms with E-state index in [-0.39, 0.29) is 29.0 Å². The lowest BCUT2D eigenvalue weighted by Gasteiger charge is -2.38. The minimum atomic E-state index is -3.00. The molecule has 2 fully saturated rings. The molecule has 1 saturated carbocycles. The van der Waals surface area contributed by atoms with Gasteiger partial charge in [0.2, 0.25) is 0 Å². The van der Waals surface area contributed by atoms with E-state index in [0.717, 1.165) is 0 Å². The number of carbonyl (C=O) groups is 1. The molecule has 0 unspecified atom stereocenters. The largest absolute Gasteiger partial charge is 0.369 e. The Kier molecular flexibility index (Phi) is 5.62. The number of ether oxygens (including phenoxy) is 1. The van der Waals surface area contributed by atoms with Gasteiger partial charge >= 0.3 is 0 Å². The molecule has 3 atom stereocenters. The van der Waals surface area contributed by atoms with Gasteiger partial charge in [-0.25, -0.2) is 18.2 Å². The van der Waals surface area contributed by atoms with Crippen LogP contribution in [0.3, 0.4) is 0 Å². The summed E-state index contributed by atoms with van der Waals surface area (Å²) in [5.74, 6) is -5.11. The molecule has 9 heteroatoms. The van der Waals surface area contributed by atoms with Crippen LogP contribution in [0.15, 0.2) is 58.0 Å². The van der Waals surface area contributed by atoms with Gasteiger partial charge in [-0.2, -0.15) is 0 Å². The van der Waals surface area contributed by atoms with Crippen molar-refractivity contribution in [3.05, 3.63) is 69.9 Å². The lowest BCUT2D eigenvalue weighted by molar-refractivity contribution is -0.141. The Morgan fingerprint density at radius 2 is 1.97 bits per heavy atom. The number of fused-ring (bicyclic) bond motifs is 1. The first-order valence-electron chi connectivity index (χ1n) is 10.4. The van der Waals surface area contributed by atoms with Crippen molar-refractivity contribution < 1.29 is 22.7 Å². The molecule has 1 amide bonds. The smallest absolute Gasteiger partial charge is 0.276 e. The van der Waals surface area contributed by atoms with Crippen LogP contribution in [0.1, 0.15) is 28.8 Å². The fourth-order valence-corrected chi connectivity index (χ4v) is 6.02. The fourth-order valence-electron chi connectivity index (χ4n) is 4.48. The number of thioether (sulfide) groups is 1. The van der Waals surface area contributed by atoms with Crippen LogP contribution in [-0.4, -0.2) is 35.5 Å².